The van der Waals surface area contributed by atoms with E-state index in [1.54, 1.807) is 24.3 Å². The van der Waals surface area contributed by atoms with Crippen molar-refractivity contribution in [1.82, 2.24) is 9.97 Å². The standard InChI is InChI=1S/C12H9BrN2O3/c1-6-9(11(16)17)10(15-12(18)14-6)7-2-4-8(13)5-3-7/h2-5H,1H3,(H,16,17)(H,14,15,18). The molecule has 0 aliphatic heterocycles. The van der Waals surface area contributed by atoms with E-state index in [0.29, 0.717) is 11.3 Å². The van der Waals surface area contributed by atoms with Crippen LogP contribution in [0.2, 0.25) is 0 Å². The number of carboxylic acids is 1. The summed E-state index contributed by atoms with van der Waals surface area (Å²) in [6.07, 6.45) is 0. The molecule has 2 rings (SSSR count). The number of aryl methyl sites for hydroxylation is 1. The Morgan fingerprint density at radius 3 is 2.50 bits per heavy atom. The molecule has 0 fully saturated rings. The molecule has 0 saturated carbocycles. The van der Waals surface area contributed by atoms with Gasteiger partial charge >= 0.3 is 11.7 Å². The molecule has 0 spiro atoms. The lowest BCUT2D eigenvalue weighted by Gasteiger charge is -2.07. The van der Waals surface area contributed by atoms with E-state index < -0.39 is 11.7 Å². The van der Waals surface area contributed by atoms with Crippen molar-refractivity contribution in [2.24, 2.45) is 0 Å². The van der Waals surface area contributed by atoms with Crippen LogP contribution in [0.15, 0.2) is 33.5 Å². The van der Waals surface area contributed by atoms with Crippen LogP contribution in [0.4, 0.5) is 0 Å². The zero-order valence-corrected chi connectivity index (χ0v) is 11.0. The van der Waals surface area contributed by atoms with Crippen LogP contribution in [0.5, 0.6) is 0 Å². The molecule has 0 aliphatic rings. The van der Waals surface area contributed by atoms with Crippen molar-refractivity contribution < 1.29 is 9.90 Å². The topological polar surface area (TPSA) is 83.0 Å². The largest absolute Gasteiger partial charge is 0.478 e. The fourth-order valence-electron chi connectivity index (χ4n) is 1.66. The van der Waals surface area contributed by atoms with E-state index in [1.807, 2.05) is 0 Å². The summed E-state index contributed by atoms with van der Waals surface area (Å²) >= 11 is 3.29. The molecule has 0 unspecified atom stereocenters. The number of benzene rings is 1. The first kappa shape index (κ1) is 12.5. The van der Waals surface area contributed by atoms with Crippen molar-refractivity contribution in [3.63, 3.8) is 0 Å². The molecular formula is C12H9BrN2O3. The number of hydrogen-bond acceptors (Lipinski definition) is 3. The molecule has 0 bridgehead atoms. The van der Waals surface area contributed by atoms with Gasteiger partial charge in [0.05, 0.1) is 5.69 Å². The van der Waals surface area contributed by atoms with Gasteiger partial charge in [0.25, 0.3) is 0 Å². The van der Waals surface area contributed by atoms with Crippen LogP contribution in [0, 0.1) is 6.92 Å². The van der Waals surface area contributed by atoms with E-state index >= 15 is 0 Å². The zero-order chi connectivity index (χ0) is 13.3. The van der Waals surface area contributed by atoms with Crippen LogP contribution in [0.1, 0.15) is 16.1 Å². The first-order chi connectivity index (χ1) is 8.49. The molecule has 0 amide bonds. The van der Waals surface area contributed by atoms with Crippen molar-refractivity contribution in [2.45, 2.75) is 6.92 Å². The lowest BCUT2D eigenvalue weighted by Crippen LogP contribution is -2.18. The van der Waals surface area contributed by atoms with Gasteiger partial charge in [0.2, 0.25) is 0 Å². The molecule has 1 heterocycles. The number of aromatic nitrogens is 2. The average molecular weight is 309 g/mol. The molecule has 0 aliphatic carbocycles. The number of nitrogens with zero attached hydrogens (tertiary/aromatic N) is 1. The van der Waals surface area contributed by atoms with E-state index in [9.17, 15) is 14.7 Å². The number of nitrogens with one attached hydrogen (secondary N) is 1. The van der Waals surface area contributed by atoms with Crippen LogP contribution < -0.4 is 5.69 Å². The Kier molecular flexibility index (Phi) is 3.29. The van der Waals surface area contributed by atoms with Gasteiger partial charge in [0.1, 0.15) is 5.56 Å². The maximum atomic E-state index is 11.4. The van der Waals surface area contributed by atoms with Gasteiger partial charge in [-0.1, -0.05) is 28.1 Å². The summed E-state index contributed by atoms with van der Waals surface area (Å²) in [6, 6.07) is 6.94. The maximum absolute atomic E-state index is 11.4. The number of carboxylic acid groups (broad SMARTS) is 1. The molecule has 2 aromatic rings. The minimum atomic E-state index is -1.12. The zero-order valence-electron chi connectivity index (χ0n) is 9.40. The molecule has 2 N–H and O–H groups in total. The fraction of sp³-hybridized carbons (Fsp3) is 0.0833. The first-order valence-electron chi connectivity index (χ1n) is 5.09. The Balaban J connectivity index is 2.73. The minimum absolute atomic E-state index is 0.0110. The summed E-state index contributed by atoms with van der Waals surface area (Å²) in [5.41, 5.74) is 0.508. The highest BCUT2D eigenvalue weighted by Crippen LogP contribution is 2.23. The molecule has 92 valence electrons. The molecule has 0 radical (unpaired) electrons. The molecule has 1 aromatic carbocycles. The van der Waals surface area contributed by atoms with Gasteiger partial charge in [-0.15, -0.1) is 0 Å². The quantitative estimate of drug-likeness (QED) is 0.891. The van der Waals surface area contributed by atoms with Gasteiger partial charge in [-0.05, 0) is 19.1 Å². The van der Waals surface area contributed by atoms with Crippen LogP contribution in [-0.2, 0) is 0 Å². The monoisotopic (exact) mass is 308 g/mol. The lowest BCUT2D eigenvalue weighted by molar-refractivity contribution is 0.0696. The van der Waals surface area contributed by atoms with Crippen molar-refractivity contribution in [3.05, 3.63) is 50.5 Å². The second-order valence-corrected chi connectivity index (χ2v) is 4.62. The molecule has 0 atom stereocenters. The highest BCUT2D eigenvalue weighted by molar-refractivity contribution is 9.10. The van der Waals surface area contributed by atoms with Gasteiger partial charge in [0, 0.05) is 15.7 Å². The Bertz CT molecular complexity index is 662. The highest BCUT2D eigenvalue weighted by Gasteiger charge is 2.17. The number of aromatic amines is 1. The lowest BCUT2D eigenvalue weighted by atomic mass is 10.1. The van der Waals surface area contributed by atoms with E-state index in [-0.39, 0.29) is 11.3 Å². The fourth-order valence-corrected chi connectivity index (χ4v) is 1.93. The minimum Gasteiger partial charge on any atom is -0.478 e. The summed E-state index contributed by atoms with van der Waals surface area (Å²) in [4.78, 5) is 28.7. The van der Waals surface area contributed by atoms with Crippen molar-refractivity contribution in [3.8, 4) is 11.3 Å². The van der Waals surface area contributed by atoms with Gasteiger partial charge in [0.15, 0.2) is 0 Å². The van der Waals surface area contributed by atoms with Crippen LogP contribution in [-0.4, -0.2) is 21.0 Å². The molecule has 6 heteroatoms. The Morgan fingerprint density at radius 1 is 1.33 bits per heavy atom. The number of rotatable bonds is 2. The Labute approximate surface area is 111 Å². The molecule has 18 heavy (non-hydrogen) atoms. The highest BCUT2D eigenvalue weighted by atomic mass is 79.9. The van der Waals surface area contributed by atoms with Crippen LogP contribution in [0.25, 0.3) is 11.3 Å². The molecule has 1 aromatic heterocycles. The van der Waals surface area contributed by atoms with Gasteiger partial charge in [-0.25, -0.2) is 9.59 Å². The number of halogens is 1. The van der Waals surface area contributed by atoms with E-state index in [4.69, 9.17) is 0 Å². The van der Waals surface area contributed by atoms with Gasteiger partial charge in [-0.3, -0.25) is 0 Å². The maximum Gasteiger partial charge on any atom is 0.345 e. The summed E-state index contributed by atoms with van der Waals surface area (Å²) in [5, 5.41) is 9.18. The number of hydrogen-bond donors (Lipinski definition) is 2. The first-order valence-corrected chi connectivity index (χ1v) is 5.88. The van der Waals surface area contributed by atoms with Crippen molar-refractivity contribution in [2.75, 3.05) is 0 Å². The van der Waals surface area contributed by atoms with Crippen LogP contribution >= 0.6 is 15.9 Å². The predicted molar refractivity (Wildman–Crippen MR) is 69.7 cm³/mol. The third kappa shape index (κ3) is 2.33. The predicted octanol–water partition coefficient (Wildman–Crippen LogP) is 2.21. The number of carbonyl (C=O) groups is 1. The molecular weight excluding hydrogens is 300 g/mol. The summed E-state index contributed by atoms with van der Waals surface area (Å²) in [7, 11) is 0. The van der Waals surface area contributed by atoms with Crippen molar-refractivity contribution in [1.29, 1.82) is 0 Å². The Morgan fingerprint density at radius 2 is 1.94 bits per heavy atom. The van der Waals surface area contributed by atoms with E-state index in [0.717, 1.165) is 4.47 Å². The molecule has 0 saturated heterocycles. The summed E-state index contributed by atoms with van der Waals surface area (Å²) in [6.45, 7) is 1.54. The average Bonchev–Trinajstić information content (AvgIpc) is 2.28. The van der Waals surface area contributed by atoms with E-state index in [2.05, 4.69) is 25.9 Å². The third-order valence-electron chi connectivity index (χ3n) is 2.45. The van der Waals surface area contributed by atoms with Gasteiger partial charge in [-0.2, -0.15) is 4.98 Å². The summed E-state index contributed by atoms with van der Waals surface area (Å²) in [5.74, 6) is -1.12. The SMILES string of the molecule is Cc1[nH]c(=O)nc(-c2ccc(Br)cc2)c1C(=O)O. The second-order valence-electron chi connectivity index (χ2n) is 3.70. The van der Waals surface area contributed by atoms with Crippen molar-refractivity contribution >= 4 is 21.9 Å². The Hall–Kier alpha value is -1.95. The summed E-state index contributed by atoms with van der Waals surface area (Å²) < 4.78 is 0.865. The van der Waals surface area contributed by atoms with Gasteiger partial charge < -0.3 is 10.1 Å². The number of aromatic carboxylic acids is 1. The number of H-pyrrole nitrogens is 1. The third-order valence-corrected chi connectivity index (χ3v) is 2.98. The smallest absolute Gasteiger partial charge is 0.345 e. The van der Waals surface area contributed by atoms with E-state index in [1.165, 1.54) is 6.92 Å². The molecule has 5 nitrogen and oxygen atoms in total. The second kappa shape index (κ2) is 4.73. The normalized spacial score (nSPS) is 10.3. The van der Waals surface area contributed by atoms with Crippen LogP contribution in [0.3, 0.4) is 0 Å².